The molecule has 8 nitrogen and oxygen atoms in total. The Morgan fingerprint density at radius 2 is 1.74 bits per heavy atom. The van der Waals surface area contributed by atoms with E-state index in [1.54, 1.807) is 13.0 Å². The maximum absolute atomic E-state index is 12.6. The van der Waals surface area contributed by atoms with Crippen LogP contribution < -0.4 is 10.2 Å². The van der Waals surface area contributed by atoms with Crippen LogP contribution in [0.25, 0.3) is 11.4 Å². The summed E-state index contributed by atoms with van der Waals surface area (Å²) >= 11 is 1.35. The summed E-state index contributed by atoms with van der Waals surface area (Å²) in [4.78, 5) is 28.2. The van der Waals surface area contributed by atoms with Crippen LogP contribution in [0.15, 0.2) is 72.4 Å². The quantitative estimate of drug-likeness (QED) is 0.396. The fourth-order valence-corrected chi connectivity index (χ4v) is 4.60. The van der Waals surface area contributed by atoms with Crippen molar-refractivity contribution in [3.05, 3.63) is 67.3 Å². The minimum atomic E-state index is -0.109. The van der Waals surface area contributed by atoms with Crippen LogP contribution >= 0.6 is 11.8 Å². The molecule has 2 heterocycles. The van der Waals surface area contributed by atoms with E-state index < -0.39 is 0 Å². The third-order valence-corrected chi connectivity index (χ3v) is 6.60. The zero-order valence-corrected chi connectivity index (χ0v) is 20.0. The van der Waals surface area contributed by atoms with Gasteiger partial charge in [-0.1, -0.05) is 48.2 Å². The lowest BCUT2D eigenvalue weighted by molar-refractivity contribution is -0.129. The third-order valence-electron chi connectivity index (χ3n) is 5.63. The lowest BCUT2D eigenvalue weighted by atomic mass is 10.2. The van der Waals surface area contributed by atoms with Gasteiger partial charge in [-0.2, -0.15) is 0 Å². The van der Waals surface area contributed by atoms with Gasteiger partial charge in [-0.3, -0.25) is 14.2 Å². The van der Waals surface area contributed by atoms with Crippen molar-refractivity contribution in [3.63, 3.8) is 0 Å². The van der Waals surface area contributed by atoms with Crippen LogP contribution in [0.5, 0.6) is 0 Å². The second kappa shape index (κ2) is 11.0. The molecule has 176 valence electrons. The monoisotopic (exact) mass is 476 g/mol. The highest BCUT2D eigenvalue weighted by atomic mass is 32.2. The minimum Gasteiger partial charge on any atom is -0.368 e. The van der Waals surface area contributed by atoms with Gasteiger partial charge in [-0.25, -0.2) is 0 Å². The molecule has 0 radical (unpaired) electrons. The van der Waals surface area contributed by atoms with Crippen molar-refractivity contribution in [2.75, 3.05) is 42.1 Å². The molecule has 1 N–H and O–H groups in total. The van der Waals surface area contributed by atoms with Crippen LogP contribution in [-0.2, 0) is 16.1 Å². The minimum absolute atomic E-state index is 0.109. The number of carbonyl (C=O) groups excluding carboxylic acids is 2. The summed E-state index contributed by atoms with van der Waals surface area (Å²) in [6.45, 7) is 9.06. The van der Waals surface area contributed by atoms with Gasteiger partial charge in [0.25, 0.3) is 0 Å². The zero-order valence-electron chi connectivity index (χ0n) is 19.2. The molecule has 0 unspecified atom stereocenters. The maximum atomic E-state index is 12.6. The highest BCUT2D eigenvalue weighted by Gasteiger charge is 2.19. The van der Waals surface area contributed by atoms with Gasteiger partial charge in [0.1, 0.15) is 0 Å². The molecule has 1 fully saturated rings. The predicted octanol–water partition coefficient (Wildman–Crippen LogP) is 3.53. The lowest BCUT2D eigenvalue weighted by Gasteiger charge is -2.35. The number of benzene rings is 2. The Hall–Kier alpha value is -3.59. The van der Waals surface area contributed by atoms with Gasteiger partial charge in [0.05, 0.1) is 5.75 Å². The molecule has 0 atom stereocenters. The molecule has 4 rings (SSSR count). The van der Waals surface area contributed by atoms with Crippen molar-refractivity contribution in [2.24, 2.45) is 0 Å². The fourth-order valence-electron chi connectivity index (χ4n) is 3.85. The normalized spacial score (nSPS) is 13.6. The standard InChI is InChI=1S/C25H28N6O2S/c1-3-13-31-24(20-7-5-4-6-8-20)27-28-25(31)34-18-23(33)26-21-9-11-22(12-10-21)30-16-14-29(15-17-30)19(2)32/h3-12H,1,13-18H2,2H3,(H,26,33). The maximum Gasteiger partial charge on any atom is 0.234 e. The summed E-state index contributed by atoms with van der Waals surface area (Å²) in [5.74, 6) is 0.985. The van der Waals surface area contributed by atoms with E-state index in [-0.39, 0.29) is 17.6 Å². The van der Waals surface area contributed by atoms with Crippen LogP contribution in [0.4, 0.5) is 11.4 Å². The predicted molar refractivity (Wildman–Crippen MR) is 136 cm³/mol. The van der Waals surface area contributed by atoms with E-state index in [9.17, 15) is 9.59 Å². The van der Waals surface area contributed by atoms with Gasteiger partial charge in [0, 0.05) is 56.6 Å². The van der Waals surface area contributed by atoms with Crippen molar-refractivity contribution in [2.45, 2.75) is 18.6 Å². The molecular weight excluding hydrogens is 448 g/mol. The second-order valence-electron chi connectivity index (χ2n) is 7.95. The van der Waals surface area contributed by atoms with Crippen LogP contribution in [-0.4, -0.2) is 63.4 Å². The van der Waals surface area contributed by atoms with Gasteiger partial charge < -0.3 is 15.1 Å². The number of piperazine rings is 1. The number of hydrogen-bond donors (Lipinski definition) is 1. The number of anilines is 2. The Morgan fingerprint density at radius 3 is 2.38 bits per heavy atom. The van der Waals surface area contributed by atoms with Gasteiger partial charge >= 0.3 is 0 Å². The number of carbonyl (C=O) groups is 2. The Morgan fingerprint density at radius 1 is 1.03 bits per heavy atom. The van der Waals surface area contributed by atoms with E-state index in [4.69, 9.17) is 0 Å². The molecule has 0 bridgehead atoms. The molecule has 1 saturated heterocycles. The average molecular weight is 477 g/mol. The first-order valence-corrected chi connectivity index (χ1v) is 12.2. The lowest BCUT2D eigenvalue weighted by Crippen LogP contribution is -2.48. The first kappa shape index (κ1) is 23.6. The topological polar surface area (TPSA) is 83.4 Å². The Kier molecular flexibility index (Phi) is 7.64. The van der Waals surface area contributed by atoms with Gasteiger partial charge in [-0.15, -0.1) is 16.8 Å². The molecule has 9 heteroatoms. The number of hydrogen-bond acceptors (Lipinski definition) is 6. The first-order chi connectivity index (χ1) is 16.5. The summed E-state index contributed by atoms with van der Waals surface area (Å²) in [5.41, 5.74) is 2.80. The van der Waals surface area contributed by atoms with Crippen LogP contribution in [0.3, 0.4) is 0 Å². The number of rotatable bonds is 8. The molecule has 2 aromatic carbocycles. The molecule has 0 spiro atoms. The Bertz CT molecular complexity index is 1140. The summed E-state index contributed by atoms with van der Waals surface area (Å²) < 4.78 is 1.96. The number of aromatic nitrogens is 3. The van der Waals surface area contributed by atoms with Crippen molar-refractivity contribution < 1.29 is 9.59 Å². The highest BCUT2D eigenvalue weighted by Crippen LogP contribution is 2.25. The van der Waals surface area contributed by atoms with E-state index >= 15 is 0 Å². The molecule has 1 aliphatic heterocycles. The largest absolute Gasteiger partial charge is 0.368 e. The number of thioether (sulfide) groups is 1. The molecule has 1 aliphatic rings. The van der Waals surface area contributed by atoms with Crippen LogP contribution in [0.1, 0.15) is 6.92 Å². The highest BCUT2D eigenvalue weighted by molar-refractivity contribution is 7.99. The SMILES string of the molecule is C=CCn1c(SCC(=O)Nc2ccc(N3CCN(C(C)=O)CC3)cc2)nnc1-c1ccccc1. The summed E-state index contributed by atoms with van der Waals surface area (Å²) in [6, 6.07) is 17.7. The van der Waals surface area contributed by atoms with Crippen molar-refractivity contribution >= 4 is 35.0 Å². The van der Waals surface area contributed by atoms with Crippen LogP contribution in [0.2, 0.25) is 0 Å². The Labute approximate surface area is 203 Å². The number of nitrogens with one attached hydrogen (secondary N) is 1. The molecule has 1 aromatic heterocycles. The van der Waals surface area contributed by atoms with Gasteiger partial charge in [0.2, 0.25) is 11.8 Å². The van der Waals surface area contributed by atoms with E-state index in [1.807, 2.05) is 64.1 Å². The van der Waals surface area contributed by atoms with Crippen molar-refractivity contribution in [1.82, 2.24) is 19.7 Å². The van der Waals surface area contributed by atoms with E-state index in [2.05, 4.69) is 27.0 Å². The van der Waals surface area contributed by atoms with E-state index in [0.29, 0.717) is 11.7 Å². The van der Waals surface area contributed by atoms with E-state index in [0.717, 1.165) is 48.9 Å². The molecule has 3 aromatic rings. The van der Waals surface area contributed by atoms with E-state index in [1.165, 1.54) is 11.8 Å². The van der Waals surface area contributed by atoms with Gasteiger partial charge in [-0.05, 0) is 24.3 Å². The second-order valence-corrected chi connectivity index (χ2v) is 8.89. The summed E-state index contributed by atoms with van der Waals surface area (Å²) in [6.07, 6.45) is 1.79. The molecule has 34 heavy (non-hydrogen) atoms. The van der Waals surface area contributed by atoms with Crippen LogP contribution in [0, 0.1) is 0 Å². The number of nitrogens with zero attached hydrogens (tertiary/aromatic N) is 5. The summed E-state index contributed by atoms with van der Waals surface area (Å²) in [5, 5.41) is 12.2. The first-order valence-electron chi connectivity index (χ1n) is 11.2. The van der Waals surface area contributed by atoms with Gasteiger partial charge in [0.15, 0.2) is 11.0 Å². The third kappa shape index (κ3) is 5.66. The fraction of sp³-hybridized carbons (Fsp3) is 0.280. The summed E-state index contributed by atoms with van der Waals surface area (Å²) in [7, 11) is 0. The Balaban J connectivity index is 1.33. The number of amides is 2. The van der Waals surface area contributed by atoms with Crippen molar-refractivity contribution in [3.8, 4) is 11.4 Å². The van der Waals surface area contributed by atoms with Crippen molar-refractivity contribution in [1.29, 1.82) is 0 Å². The zero-order chi connectivity index (χ0) is 23.9. The molecule has 0 saturated carbocycles. The molecule has 0 aliphatic carbocycles. The molecule has 2 amide bonds. The average Bonchev–Trinajstić information content (AvgIpc) is 3.26. The number of allylic oxidation sites excluding steroid dienone is 1. The molecular formula is C25H28N6O2S. The smallest absolute Gasteiger partial charge is 0.234 e.